The predicted octanol–water partition coefficient (Wildman–Crippen LogP) is 3.42. The Balaban J connectivity index is 2.51. The molecule has 0 atom stereocenters. The van der Waals surface area contributed by atoms with Crippen molar-refractivity contribution in [2.24, 2.45) is 0 Å². The van der Waals surface area contributed by atoms with Crippen LogP contribution < -0.4 is 0 Å². The number of carbonyl (C=O) groups excluding carboxylic acids is 1. The van der Waals surface area contributed by atoms with Gasteiger partial charge in [-0.2, -0.15) is 0 Å². The summed E-state index contributed by atoms with van der Waals surface area (Å²) in [6.07, 6.45) is 0. The van der Waals surface area contributed by atoms with Gasteiger partial charge in [-0.05, 0) is 53.5 Å². The maximum atomic E-state index is 11.5. The van der Waals surface area contributed by atoms with Gasteiger partial charge in [0.25, 0.3) is 0 Å². The van der Waals surface area contributed by atoms with Crippen molar-refractivity contribution in [2.45, 2.75) is 13.8 Å². The van der Waals surface area contributed by atoms with E-state index in [0.717, 1.165) is 20.9 Å². The van der Waals surface area contributed by atoms with Crippen LogP contribution in [0.3, 0.4) is 0 Å². The number of fused-ring (bicyclic) bond motifs is 1. The van der Waals surface area contributed by atoms with E-state index in [9.17, 15) is 4.79 Å². The maximum Gasteiger partial charge on any atom is 0.354 e. The first kappa shape index (κ1) is 11.2. The number of ether oxygens (including phenoxy) is 1. The summed E-state index contributed by atoms with van der Waals surface area (Å²) in [4.78, 5) is 14.6. The van der Waals surface area contributed by atoms with Crippen molar-refractivity contribution < 1.29 is 9.53 Å². The second-order valence-electron chi connectivity index (χ2n) is 3.61. The molecule has 0 aliphatic rings. The van der Waals surface area contributed by atoms with Gasteiger partial charge in [0, 0.05) is 9.86 Å². The highest BCUT2D eigenvalue weighted by Crippen LogP contribution is 2.26. The Morgan fingerprint density at radius 3 is 2.88 bits per heavy atom. The lowest BCUT2D eigenvalue weighted by Gasteiger charge is -1.97. The smallest absolute Gasteiger partial charge is 0.354 e. The molecule has 0 unspecified atom stereocenters. The van der Waals surface area contributed by atoms with Crippen molar-refractivity contribution in [3.05, 3.63) is 33.9 Å². The Hall–Kier alpha value is -1.29. The zero-order valence-electron chi connectivity index (χ0n) is 9.13. The van der Waals surface area contributed by atoms with Crippen molar-refractivity contribution in [1.82, 2.24) is 4.98 Å². The molecule has 0 bridgehead atoms. The molecular weight excluding hydrogens is 270 g/mol. The second kappa shape index (κ2) is 4.29. The quantitative estimate of drug-likeness (QED) is 0.857. The summed E-state index contributed by atoms with van der Waals surface area (Å²) in [5.74, 6) is -0.316. The highest BCUT2D eigenvalue weighted by Gasteiger charge is 2.11. The summed E-state index contributed by atoms with van der Waals surface area (Å²) in [5.41, 5.74) is 2.56. The number of nitrogens with one attached hydrogen (secondary N) is 1. The van der Waals surface area contributed by atoms with Crippen LogP contribution in [0.15, 0.2) is 22.7 Å². The zero-order chi connectivity index (χ0) is 11.7. The number of hydrogen-bond acceptors (Lipinski definition) is 2. The van der Waals surface area contributed by atoms with Gasteiger partial charge in [0.2, 0.25) is 0 Å². The molecule has 0 radical (unpaired) electrons. The van der Waals surface area contributed by atoms with Crippen LogP contribution in [0.4, 0.5) is 0 Å². The number of aromatic nitrogens is 1. The van der Waals surface area contributed by atoms with E-state index in [1.54, 1.807) is 6.92 Å². The zero-order valence-corrected chi connectivity index (χ0v) is 10.7. The summed E-state index contributed by atoms with van der Waals surface area (Å²) in [6.45, 7) is 4.19. The third kappa shape index (κ3) is 1.97. The molecule has 0 spiro atoms. The van der Waals surface area contributed by atoms with E-state index in [2.05, 4.69) is 20.9 Å². The lowest BCUT2D eigenvalue weighted by Crippen LogP contribution is -2.04. The molecule has 0 aliphatic heterocycles. The van der Waals surface area contributed by atoms with Crippen LogP contribution >= 0.6 is 15.9 Å². The number of H-pyrrole nitrogens is 1. The molecule has 84 valence electrons. The summed E-state index contributed by atoms with van der Waals surface area (Å²) in [5, 5.41) is 1.01. The van der Waals surface area contributed by atoms with Crippen molar-refractivity contribution in [3.8, 4) is 0 Å². The number of aryl methyl sites for hydroxylation is 1. The van der Waals surface area contributed by atoms with Crippen LogP contribution in [0.25, 0.3) is 10.9 Å². The van der Waals surface area contributed by atoms with Crippen molar-refractivity contribution >= 4 is 32.8 Å². The highest BCUT2D eigenvalue weighted by molar-refractivity contribution is 9.10. The fraction of sp³-hybridized carbons (Fsp3) is 0.250. The van der Waals surface area contributed by atoms with E-state index in [0.29, 0.717) is 12.3 Å². The molecular formula is C12H12BrNO2. The molecule has 16 heavy (non-hydrogen) atoms. The van der Waals surface area contributed by atoms with Gasteiger partial charge in [-0.1, -0.05) is 0 Å². The Morgan fingerprint density at radius 2 is 2.19 bits per heavy atom. The first-order chi connectivity index (χ1) is 7.61. The highest BCUT2D eigenvalue weighted by atomic mass is 79.9. The average Bonchev–Trinajstić information content (AvgIpc) is 2.62. The van der Waals surface area contributed by atoms with Crippen LogP contribution in [0.5, 0.6) is 0 Å². The predicted molar refractivity (Wildman–Crippen MR) is 66.7 cm³/mol. The first-order valence-corrected chi connectivity index (χ1v) is 5.87. The fourth-order valence-corrected chi connectivity index (χ4v) is 2.35. The Labute approximate surface area is 102 Å². The topological polar surface area (TPSA) is 42.1 Å². The normalized spacial score (nSPS) is 10.7. The second-order valence-corrected chi connectivity index (χ2v) is 4.47. The van der Waals surface area contributed by atoms with Gasteiger partial charge < -0.3 is 9.72 Å². The molecule has 4 heteroatoms. The molecule has 1 heterocycles. The Bertz CT molecular complexity index is 545. The molecule has 1 N–H and O–H groups in total. The van der Waals surface area contributed by atoms with Crippen molar-refractivity contribution in [1.29, 1.82) is 0 Å². The van der Waals surface area contributed by atoms with E-state index in [-0.39, 0.29) is 5.97 Å². The van der Waals surface area contributed by atoms with Gasteiger partial charge in [-0.3, -0.25) is 0 Å². The minimum Gasteiger partial charge on any atom is -0.461 e. The lowest BCUT2D eigenvalue weighted by molar-refractivity contribution is 0.0520. The Kier molecular flexibility index (Phi) is 3.01. The minimum atomic E-state index is -0.316. The van der Waals surface area contributed by atoms with E-state index in [4.69, 9.17) is 4.74 Å². The number of rotatable bonds is 2. The van der Waals surface area contributed by atoms with Crippen molar-refractivity contribution in [2.75, 3.05) is 6.61 Å². The van der Waals surface area contributed by atoms with Crippen LogP contribution in [-0.2, 0) is 4.74 Å². The van der Waals surface area contributed by atoms with Gasteiger partial charge in [-0.25, -0.2) is 4.79 Å². The van der Waals surface area contributed by atoms with Crippen LogP contribution in [0, 0.1) is 6.92 Å². The monoisotopic (exact) mass is 281 g/mol. The van der Waals surface area contributed by atoms with Gasteiger partial charge >= 0.3 is 5.97 Å². The lowest BCUT2D eigenvalue weighted by atomic mass is 10.2. The number of hydrogen-bond donors (Lipinski definition) is 1. The summed E-state index contributed by atoms with van der Waals surface area (Å²) < 4.78 is 5.90. The summed E-state index contributed by atoms with van der Waals surface area (Å²) >= 11 is 3.47. The van der Waals surface area contributed by atoms with E-state index in [1.807, 2.05) is 25.1 Å². The maximum absolute atomic E-state index is 11.5. The molecule has 0 amide bonds. The molecule has 1 aromatic carbocycles. The molecule has 0 aliphatic carbocycles. The number of carbonyl (C=O) groups is 1. The third-order valence-electron chi connectivity index (χ3n) is 2.32. The van der Waals surface area contributed by atoms with E-state index < -0.39 is 0 Å². The largest absolute Gasteiger partial charge is 0.461 e. The number of halogens is 1. The van der Waals surface area contributed by atoms with E-state index in [1.165, 1.54) is 0 Å². The molecule has 1 aromatic heterocycles. The molecule has 0 saturated heterocycles. The summed E-state index contributed by atoms with van der Waals surface area (Å²) in [7, 11) is 0. The van der Waals surface area contributed by atoms with E-state index >= 15 is 0 Å². The number of esters is 1. The standard InChI is InChI=1S/C12H12BrNO2/c1-3-16-12(15)10-6-8-4-7(2)5-9(13)11(8)14-10/h4-6,14H,3H2,1-2H3. The van der Waals surface area contributed by atoms with Crippen LogP contribution in [-0.4, -0.2) is 17.6 Å². The summed E-state index contributed by atoms with van der Waals surface area (Å²) in [6, 6.07) is 5.85. The fourth-order valence-electron chi connectivity index (χ4n) is 1.66. The molecule has 0 fully saturated rings. The number of aromatic amines is 1. The van der Waals surface area contributed by atoms with Crippen LogP contribution in [0.2, 0.25) is 0 Å². The third-order valence-corrected chi connectivity index (χ3v) is 2.95. The molecule has 2 rings (SSSR count). The van der Waals surface area contributed by atoms with Gasteiger partial charge in [-0.15, -0.1) is 0 Å². The molecule has 0 saturated carbocycles. The number of benzene rings is 1. The Morgan fingerprint density at radius 1 is 1.44 bits per heavy atom. The van der Waals surface area contributed by atoms with Gasteiger partial charge in [0.1, 0.15) is 5.69 Å². The van der Waals surface area contributed by atoms with Crippen LogP contribution in [0.1, 0.15) is 23.0 Å². The van der Waals surface area contributed by atoms with Gasteiger partial charge in [0.05, 0.1) is 12.1 Å². The molecule has 3 nitrogen and oxygen atoms in total. The van der Waals surface area contributed by atoms with Gasteiger partial charge in [0.15, 0.2) is 0 Å². The van der Waals surface area contributed by atoms with Crippen molar-refractivity contribution in [3.63, 3.8) is 0 Å². The average molecular weight is 282 g/mol. The molecule has 2 aromatic rings. The SMILES string of the molecule is CCOC(=O)c1cc2cc(C)cc(Br)c2[nH]1. The first-order valence-electron chi connectivity index (χ1n) is 5.08. The minimum absolute atomic E-state index is 0.316.